The molecule has 4 aromatic rings. The summed E-state index contributed by atoms with van der Waals surface area (Å²) >= 11 is 0. The van der Waals surface area contributed by atoms with E-state index in [0.717, 1.165) is 67.0 Å². The summed E-state index contributed by atoms with van der Waals surface area (Å²) in [6.45, 7) is 3.47. The van der Waals surface area contributed by atoms with Gasteiger partial charge in [-0.15, -0.1) is 0 Å². The number of nitrogens with zero attached hydrogens (tertiary/aromatic N) is 8. The topological polar surface area (TPSA) is 126 Å². The maximum absolute atomic E-state index is 11.2. The molecule has 4 aromatic heterocycles. The van der Waals surface area contributed by atoms with E-state index in [-0.39, 0.29) is 12.1 Å². The second-order valence-electron chi connectivity index (χ2n) is 9.83. The van der Waals surface area contributed by atoms with E-state index in [9.17, 15) is 10.1 Å². The van der Waals surface area contributed by atoms with Crippen molar-refractivity contribution >= 4 is 22.7 Å². The number of rotatable bonds is 7. The van der Waals surface area contributed by atoms with Gasteiger partial charge in [0.1, 0.15) is 29.6 Å². The molecule has 0 bridgehead atoms. The lowest BCUT2D eigenvalue weighted by Gasteiger charge is -2.30. The Morgan fingerprint density at radius 3 is 2.71 bits per heavy atom. The monoisotopic (exact) mass is 518 g/mol. The molecular weight excluding hydrogens is 488 g/mol. The highest BCUT2D eigenvalue weighted by Crippen LogP contribution is 2.36. The first-order valence-electron chi connectivity index (χ1n) is 13.0. The van der Waals surface area contributed by atoms with E-state index in [1.807, 2.05) is 24.4 Å². The van der Waals surface area contributed by atoms with Crippen molar-refractivity contribution in [2.45, 2.75) is 44.2 Å². The van der Waals surface area contributed by atoms with Gasteiger partial charge in [0.2, 0.25) is 5.88 Å². The van der Waals surface area contributed by atoms with Crippen LogP contribution in [0, 0.1) is 10.1 Å². The van der Waals surface area contributed by atoms with Gasteiger partial charge >= 0.3 is 5.95 Å². The lowest BCUT2D eigenvalue weighted by molar-refractivity contribution is -0.396. The van der Waals surface area contributed by atoms with Crippen LogP contribution in [-0.2, 0) is 18.3 Å². The normalized spacial score (nSPS) is 20.1. The number of pyridine rings is 2. The second kappa shape index (κ2) is 10.4. The highest BCUT2D eigenvalue weighted by Gasteiger charge is 2.28. The highest BCUT2D eigenvalue weighted by molar-refractivity contribution is 5.85. The molecule has 198 valence electrons. The van der Waals surface area contributed by atoms with Gasteiger partial charge in [-0.05, 0) is 42.7 Å². The van der Waals surface area contributed by atoms with Crippen LogP contribution in [0.25, 0.3) is 10.9 Å². The molecule has 0 amide bonds. The Bertz CT molecular complexity index is 1440. The molecule has 0 N–H and O–H groups in total. The second-order valence-corrected chi connectivity index (χ2v) is 9.83. The quantitative estimate of drug-likeness (QED) is 0.267. The summed E-state index contributed by atoms with van der Waals surface area (Å²) in [6, 6.07) is 5.96. The summed E-state index contributed by atoms with van der Waals surface area (Å²) in [4.78, 5) is 31.0. The first-order valence-corrected chi connectivity index (χ1v) is 13.0. The molecule has 1 saturated carbocycles. The zero-order valence-electron chi connectivity index (χ0n) is 21.3. The predicted molar refractivity (Wildman–Crippen MR) is 139 cm³/mol. The molecule has 1 saturated heterocycles. The van der Waals surface area contributed by atoms with Gasteiger partial charge in [0, 0.05) is 43.7 Å². The van der Waals surface area contributed by atoms with Crippen LogP contribution in [0.3, 0.4) is 0 Å². The number of morpholine rings is 1. The number of hydrogen-bond acceptors (Lipinski definition) is 9. The third kappa shape index (κ3) is 4.78. The van der Waals surface area contributed by atoms with Crippen molar-refractivity contribution in [3.05, 3.63) is 64.6 Å². The molecule has 1 aliphatic carbocycles. The molecule has 5 heterocycles. The average molecular weight is 519 g/mol. The molecule has 6 rings (SSSR count). The Labute approximate surface area is 219 Å². The minimum absolute atomic E-state index is 0.0604. The SMILES string of the molecule is Cn1c(Cn2ccnc2[C@H]2CC[C@@H](Oc3nc(N4CCOCC4)cc4ncccc34)CC2)cnc1[N+](=O)[O-]. The Morgan fingerprint density at radius 2 is 1.95 bits per heavy atom. The van der Waals surface area contributed by atoms with E-state index >= 15 is 0 Å². The van der Waals surface area contributed by atoms with Crippen molar-refractivity contribution in [1.29, 1.82) is 0 Å². The molecule has 0 radical (unpaired) electrons. The fourth-order valence-corrected chi connectivity index (χ4v) is 5.41. The third-order valence-electron chi connectivity index (χ3n) is 7.51. The molecule has 0 unspecified atom stereocenters. The Balaban J connectivity index is 1.15. The molecule has 2 aliphatic rings. The van der Waals surface area contributed by atoms with Crippen molar-refractivity contribution in [2.24, 2.45) is 7.05 Å². The fourth-order valence-electron chi connectivity index (χ4n) is 5.41. The van der Waals surface area contributed by atoms with Crippen LogP contribution in [0.2, 0.25) is 0 Å². The van der Waals surface area contributed by atoms with Crippen LogP contribution in [0.5, 0.6) is 5.88 Å². The summed E-state index contributed by atoms with van der Waals surface area (Å²) in [5, 5.41) is 12.1. The van der Waals surface area contributed by atoms with E-state index < -0.39 is 4.92 Å². The van der Waals surface area contributed by atoms with Crippen molar-refractivity contribution in [3.63, 3.8) is 0 Å². The molecule has 1 aliphatic heterocycles. The van der Waals surface area contributed by atoms with Crippen LogP contribution >= 0.6 is 0 Å². The van der Waals surface area contributed by atoms with E-state index in [1.165, 1.54) is 4.57 Å². The number of imidazole rings is 2. The summed E-state index contributed by atoms with van der Waals surface area (Å²) in [7, 11) is 1.67. The zero-order valence-corrected chi connectivity index (χ0v) is 21.3. The number of hydrogen-bond donors (Lipinski definition) is 0. The number of nitro groups is 1. The summed E-state index contributed by atoms with van der Waals surface area (Å²) in [6.07, 6.45) is 10.8. The molecular formula is C26H30N8O4. The molecule has 38 heavy (non-hydrogen) atoms. The molecule has 12 nitrogen and oxygen atoms in total. The average Bonchev–Trinajstić information content (AvgIpc) is 3.56. The van der Waals surface area contributed by atoms with Crippen molar-refractivity contribution in [2.75, 3.05) is 31.2 Å². The van der Waals surface area contributed by atoms with Gasteiger partial charge < -0.3 is 29.1 Å². The van der Waals surface area contributed by atoms with Crippen LogP contribution in [-0.4, -0.2) is 66.4 Å². The lowest BCUT2D eigenvalue weighted by atomic mass is 9.86. The van der Waals surface area contributed by atoms with Crippen LogP contribution < -0.4 is 9.64 Å². The highest BCUT2D eigenvalue weighted by atomic mass is 16.6. The van der Waals surface area contributed by atoms with Crippen molar-refractivity contribution in [3.8, 4) is 5.88 Å². The predicted octanol–water partition coefficient (Wildman–Crippen LogP) is 3.46. The number of anilines is 1. The third-order valence-corrected chi connectivity index (χ3v) is 7.51. The zero-order chi connectivity index (χ0) is 26.1. The Morgan fingerprint density at radius 1 is 1.13 bits per heavy atom. The minimum Gasteiger partial charge on any atom is -0.474 e. The first kappa shape index (κ1) is 24.3. The minimum atomic E-state index is -0.468. The van der Waals surface area contributed by atoms with Crippen molar-refractivity contribution in [1.82, 2.24) is 29.1 Å². The molecule has 12 heteroatoms. The first-order chi connectivity index (χ1) is 18.6. The molecule has 0 spiro atoms. The number of fused-ring (bicyclic) bond motifs is 1. The largest absolute Gasteiger partial charge is 0.474 e. The summed E-state index contributed by atoms with van der Waals surface area (Å²) < 4.78 is 15.6. The molecule has 0 atom stereocenters. The number of aromatic nitrogens is 6. The molecule has 0 aromatic carbocycles. The van der Waals surface area contributed by atoms with Gasteiger partial charge in [0.05, 0.1) is 37.7 Å². The maximum Gasteiger partial charge on any atom is 0.434 e. The van der Waals surface area contributed by atoms with Crippen LogP contribution in [0.1, 0.15) is 43.1 Å². The maximum atomic E-state index is 11.2. The fraction of sp³-hybridized carbons (Fsp3) is 0.462. The number of ether oxygens (including phenoxy) is 2. The Hall–Kier alpha value is -4.06. The van der Waals surface area contributed by atoms with Crippen LogP contribution in [0.4, 0.5) is 11.8 Å². The van der Waals surface area contributed by atoms with Crippen LogP contribution in [0.15, 0.2) is 43.0 Å². The Kier molecular flexibility index (Phi) is 6.62. The van der Waals surface area contributed by atoms with Gasteiger partial charge in [0.15, 0.2) is 0 Å². The van der Waals surface area contributed by atoms with Gasteiger partial charge in [-0.3, -0.25) is 4.98 Å². The van der Waals surface area contributed by atoms with E-state index in [2.05, 4.69) is 24.4 Å². The standard InChI is InChI=1S/C26H30N8O4/c1-31-19(16-29-26(31)34(35)36)17-33-10-9-28-24(33)18-4-6-20(7-5-18)38-25-21-3-2-8-27-22(21)15-23(30-25)32-11-13-37-14-12-32/h2-3,8-10,15-16,18,20H,4-7,11-14,17H2,1H3/t18-,20+. The summed E-state index contributed by atoms with van der Waals surface area (Å²) in [5.41, 5.74) is 1.64. The van der Waals surface area contributed by atoms with E-state index in [1.54, 1.807) is 25.6 Å². The van der Waals surface area contributed by atoms with Gasteiger partial charge in [-0.2, -0.15) is 4.98 Å². The van der Waals surface area contributed by atoms with Gasteiger partial charge in [-0.25, -0.2) is 9.55 Å². The van der Waals surface area contributed by atoms with Gasteiger partial charge in [0.25, 0.3) is 0 Å². The lowest BCUT2D eigenvalue weighted by Crippen LogP contribution is -2.36. The van der Waals surface area contributed by atoms with Gasteiger partial charge in [-0.1, -0.05) is 4.98 Å². The molecule has 2 fully saturated rings. The smallest absolute Gasteiger partial charge is 0.434 e. The van der Waals surface area contributed by atoms with E-state index in [0.29, 0.717) is 31.6 Å². The summed E-state index contributed by atoms with van der Waals surface area (Å²) in [5.74, 6) is 2.64. The van der Waals surface area contributed by atoms with E-state index in [4.69, 9.17) is 14.5 Å². The van der Waals surface area contributed by atoms with Crippen molar-refractivity contribution < 1.29 is 14.4 Å².